The van der Waals surface area contributed by atoms with Crippen molar-refractivity contribution in [3.05, 3.63) is 51.9 Å². The van der Waals surface area contributed by atoms with Crippen LogP contribution >= 0.6 is 11.3 Å². The zero-order valence-electron chi connectivity index (χ0n) is 13.5. The summed E-state index contributed by atoms with van der Waals surface area (Å²) in [5.74, 6) is -0.251. The molecule has 2 N–H and O–H groups in total. The molecule has 0 radical (unpaired) electrons. The van der Waals surface area contributed by atoms with E-state index >= 15 is 0 Å². The van der Waals surface area contributed by atoms with E-state index in [1.165, 1.54) is 17.6 Å². The van der Waals surface area contributed by atoms with Gasteiger partial charge in [0.15, 0.2) is 0 Å². The van der Waals surface area contributed by atoms with E-state index in [2.05, 4.69) is 34.9 Å². The molecule has 122 valence electrons. The van der Waals surface area contributed by atoms with Gasteiger partial charge in [0, 0.05) is 11.9 Å². The second kappa shape index (κ2) is 7.15. The Morgan fingerprint density at radius 3 is 2.78 bits per heavy atom. The summed E-state index contributed by atoms with van der Waals surface area (Å²) in [6.45, 7) is 0.985. The monoisotopic (exact) mass is 330 g/mol. The van der Waals surface area contributed by atoms with Crippen LogP contribution in [-0.2, 0) is 11.2 Å². The van der Waals surface area contributed by atoms with Crippen LogP contribution in [0.3, 0.4) is 0 Å². The molecule has 4 nitrogen and oxygen atoms in total. The number of thiophene rings is 1. The molecular weight excluding hydrogens is 308 g/mol. The van der Waals surface area contributed by atoms with E-state index in [0.29, 0.717) is 5.56 Å². The van der Waals surface area contributed by atoms with Crippen LogP contribution < -0.4 is 10.6 Å². The van der Waals surface area contributed by atoms with Gasteiger partial charge in [-0.15, -0.1) is 11.3 Å². The number of nitrogens with one attached hydrogen (secondary N) is 2. The summed E-state index contributed by atoms with van der Waals surface area (Å²) in [6.07, 6.45) is 3.10. The van der Waals surface area contributed by atoms with E-state index in [1.807, 2.05) is 13.1 Å². The van der Waals surface area contributed by atoms with E-state index in [-0.39, 0.29) is 12.0 Å². The maximum Gasteiger partial charge on any atom is 0.341 e. The van der Waals surface area contributed by atoms with E-state index in [4.69, 9.17) is 4.74 Å². The summed E-state index contributed by atoms with van der Waals surface area (Å²) in [5, 5.41) is 7.71. The summed E-state index contributed by atoms with van der Waals surface area (Å²) in [4.78, 5) is 13.5. The number of ether oxygens (including phenoxy) is 1. The van der Waals surface area contributed by atoms with E-state index in [9.17, 15) is 4.79 Å². The van der Waals surface area contributed by atoms with Gasteiger partial charge in [0.05, 0.1) is 18.7 Å². The number of carbonyl (C=O) groups is 1. The van der Waals surface area contributed by atoms with Crippen LogP contribution in [0.1, 0.15) is 45.2 Å². The summed E-state index contributed by atoms with van der Waals surface area (Å²) in [6, 6.07) is 10.5. The van der Waals surface area contributed by atoms with Gasteiger partial charge >= 0.3 is 5.97 Å². The number of benzene rings is 1. The third kappa shape index (κ3) is 3.12. The van der Waals surface area contributed by atoms with Crippen LogP contribution in [-0.4, -0.2) is 26.7 Å². The summed E-state index contributed by atoms with van der Waals surface area (Å²) < 4.78 is 5.02. The Kier molecular flexibility index (Phi) is 4.98. The molecule has 23 heavy (non-hydrogen) atoms. The first-order chi connectivity index (χ1) is 11.3. The van der Waals surface area contributed by atoms with Gasteiger partial charge in [-0.2, -0.15) is 0 Å². The second-order valence-corrected chi connectivity index (χ2v) is 6.70. The molecule has 1 aromatic carbocycles. The van der Waals surface area contributed by atoms with Crippen molar-refractivity contribution in [1.29, 1.82) is 0 Å². The third-order valence-electron chi connectivity index (χ3n) is 4.25. The highest BCUT2D eigenvalue weighted by molar-refractivity contribution is 7.16. The Labute approximate surface area is 140 Å². The first kappa shape index (κ1) is 16.0. The number of carbonyl (C=O) groups excluding carboxylic acids is 1. The van der Waals surface area contributed by atoms with Crippen LogP contribution in [0, 0.1) is 0 Å². The first-order valence-corrected chi connectivity index (χ1v) is 8.78. The van der Waals surface area contributed by atoms with Gasteiger partial charge in [-0.05, 0) is 36.9 Å². The minimum atomic E-state index is -0.251. The zero-order chi connectivity index (χ0) is 16.2. The molecule has 0 fully saturated rings. The number of anilines is 1. The van der Waals surface area contributed by atoms with E-state index < -0.39 is 0 Å². The topological polar surface area (TPSA) is 50.4 Å². The van der Waals surface area contributed by atoms with Crippen molar-refractivity contribution in [3.63, 3.8) is 0 Å². The largest absolute Gasteiger partial charge is 0.465 e. The molecule has 0 saturated carbocycles. The maximum atomic E-state index is 12.3. The van der Waals surface area contributed by atoms with Crippen molar-refractivity contribution in [1.82, 2.24) is 5.32 Å². The highest BCUT2D eigenvalue weighted by Gasteiger charge is 2.29. The predicted octanol–water partition coefficient (Wildman–Crippen LogP) is 3.59. The Bertz CT molecular complexity index is 682. The molecule has 3 rings (SSSR count). The lowest BCUT2D eigenvalue weighted by atomic mass is 9.95. The van der Waals surface area contributed by atoms with Crippen molar-refractivity contribution in [2.45, 2.75) is 25.3 Å². The normalized spacial score (nSPS) is 17.7. The van der Waals surface area contributed by atoms with Gasteiger partial charge in [-0.25, -0.2) is 4.79 Å². The Morgan fingerprint density at radius 1 is 1.30 bits per heavy atom. The standard InChI is InChI=1S/C18H22N2O2S/c1-19-17-14(18(21)22-2)13-10-6-7-11-20-15(16(13)23-17)12-8-4-3-5-9-12/h3-5,8-9,15,19-20H,6-7,10-11H2,1-2H3. The van der Waals surface area contributed by atoms with Crippen molar-refractivity contribution in [3.8, 4) is 0 Å². The van der Waals surface area contributed by atoms with Crippen molar-refractivity contribution >= 4 is 22.3 Å². The van der Waals surface area contributed by atoms with Gasteiger partial charge in [0.1, 0.15) is 5.00 Å². The molecule has 0 saturated heterocycles. The average molecular weight is 330 g/mol. The minimum absolute atomic E-state index is 0.127. The van der Waals surface area contributed by atoms with Gasteiger partial charge in [-0.3, -0.25) is 0 Å². The fraction of sp³-hybridized carbons (Fsp3) is 0.389. The molecule has 2 heterocycles. The molecule has 0 amide bonds. The fourth-order valence-electron chi connectivity index (χ4n) is 3.14. The SMILES string of the molecule is CNc1sc2c(c1C(=O)OC)CCCCNC2c1ccccc1. The Morgan fingerprint density at radius 2 is 2.09 bits per heavy atom. The lowest BCUT2D eigenvalue weighted by Gasteiger charge is -2.22. The van der Waals surface area contributed by atoms with Crippen LogP contribution in [0.2, 0.25) is 0 Å². The van der Waals surface area contributed by atoms with Crippen LogP contribution in [0.15, 0.2) is 30.3 Å². The zero-order valence-corrected chi connectivity index (χ0v) is 14.3. The number of rotatable bonds is 3. The van der Waals surface area contributed by atoms with Crippen LogP contribution in [0.25, 0.3) is 0 Å². The molecule has 1 aliphatic heterocycles. The quantitative estimate of drug-likeness (QED) is 0.845. The third-order valence-corrected chi connectivity index (χ3v) is 5.57. The number of esters is 1. The molecule has 1 aliphatic rings. The van der Waals surface area contributed by atoms with Gasteiger partial charge in [-0.1, -0.05) is 30.3 Å². The fourth-order valence-corrected chi connectivity index (χ4v) is 4.43. The average Bonchev–Trinajstić information content (AvgIpc) is 2.93. The Balaban J connectivity index is 2.14. The number of hydrogen-bond acceptors (Lipinski definition) is 5. The minimum Gasteiger partial charge on any atom is -0.465 e. The lowest BCUT2D eigenvalue weighted by molar-refractivity contribution is 0.0601. The molecular formula is C18H22N2O2S. The predicted molar refractivity (Wildman–Crippen MR) is 94.4 cm³/mol. The first-order valence-electron chi connectivity index (χ1n) is 7.96. The number of methoxy groups -OCH3 is 1. The molecule has 1 aromatic heterocycles. The summed E-state index contributed by atoms with van der Waals surface area (Å²) >= 11 is 1.66. The Hall–Kier alpha value is -1.85. The molecule has 1 unspecified atom stereocenters. The smallest absolute Gasteiger partial charge is 0.341 e. The van der Waals surface area contributed by atoms with Gasteiger partial charge in [0.2, 0.25) is 0 Å². The highest BCUT2D eigenvalue weighted by Crippen LogP contribution is 2.41. The van der Waals surface area contributed by atoms with Crippen molar-refractivity contribution < 1.29 is 9.53 Å². The molecule has 2 aromatic rings. The van der Waals surface area contributed by atoms with Crippen LogP contribution in [0.4, 0.5) is 5.00 Å². The lowest BCUT2D eigenvalue weighted by Crippen LogP contribution is -2.25. The maximum absolute atomic E-state index is 12.3. The molecule has 5 heteroatoms. The van der Waals surface area contributed by atoms with Crippen LogP contribution in [0.5, 0.6) is 0 Å². The van der Waals surface area contributed by atoms with Gasteiger partial charge in [0.25, 0.3) is 0 Å². The summed E-state index contributed by atoms with van der Waals surface area (Å²) in [5.41, 5.74) is 3.07. The highest BCUT2D eigenvalue weighted by atomic mass is 32.1. The molecule has 1 atom stereocenters. The van der Waals surface area contributed by atoms with Gasteiger partial charge < -0.3 is 15.4 Å². The van der Waals surface area contributed by atoms with E-state index in [0.717, 1.165) is 36.4 Å². The molecule has 0 bridgehead atoms. The van der Waals surface area contributed by atoms with Crippen molar-refractivity contribution in [2.24, 2.45) is 0 Å². The second-order valence-electron chi connectivity index (χ2n) is 5.65. The summed E-state index contributed by atoms with van der Waals surface area (Å²) in [7, 11) is 3.30. The van der Waals surface area contributed by atoms with E-state index in [1.54, 1.807) is 11.3 Å². The molecule has 0 aliphatic carbocycles. The molecule has 0 spiro atoms. The number of hydrogen-bond donors (Lipinski definition) is 2. The number of fused-ring (bicyclic) bond motifs is 1. The van der Waals surface area contributed by atoms with Crippen molar-refractivity contribution in [2.75, 3.05) is 26.0 Å².